The van der Waals surface area contributed by atoms with Gasteiger partial charge >= 0.3 is 75.9 Å². The molecule has 32 valence electrons. The van der Waals surface area contributed by atoms with Gasteiger partial charge in [-0.15, -0.1) is 0 Å². The van der Waals surface area contributed by atoms with Crippen molar-refractivity contribution in [3.05, 3.63) is 0 Å². The first-order valence-electron chi connectivity index (χ1n) is 0.600. The first kappa shape index (κ1) is 15.8. The molecule has 0 bridgehead atoms. The van der Waals surface area contributed by atoms with Gasteiger partial charge in [-0.05, 0) is 0 Å². The van der Waals surface area contributed by atoms with E-state index in [2.05, 4.69) is 0 Å². The van der Waals surface area contributed by atoms with E-state index < -0.39 is 8.60 Å². The van der Waals surface area contributed by atoms with E-state index in [9.17, 15) is 0 Å². The maximum atomic E-state index is 7.23. The third-order valence-corrected chi connectivity index (χ3v) is 0. The van der Waals surface area contributed by atoms with Crippen LogP contribution in [0.1, 0.15) is 4.28 Å². The smallest absolute Gasteiger partial charge is 1.00 e. The van der Waals surface area contributed by atoms with Gasteiger partial charge in [-0.2, -0.15) is 0 Å². The van der Waals surface area contributed by atoms with E-state index in [0.717, 1.165) is 0 Å². The quantitative estimate of drug-likeness (QED) is 0.243. The molecule has 3 nitrogen and oxygen atoms in total. The summed E-state index contributed by atoms with van der Waals surface area (Å²) in [5, 5.41) is 0. The van der Waals surface area contributed by atoms with E-state index >= 15 is 0 Å². The van der Waals surface area contributed by atoms with Crippen LogP contribution in [0.5, 0.6) is 0 Å². The molecule has 0 atom stereocenters. The van der Waals surface area contributed by atoms with Crippen molar-refractivity contribution in [1.29, 1.82) is 0 Å². The largest absolute Gasteiger partial charge is 2.00 e. The van der Waals surface area contributed by atoms with E-state index in [-0.39, 0.29) is 71.6 Å². The minimum atomic E-state index is -2.62. The van der Waals surface area contributed by atoms with Gasteiger partial charge in [0.25, 0.3) is 0 Å². The van der Waals surface area contributed by atoms with E-state index in [0.29, 0.717) is 0 Å². The van der Waals surface area contributed by atoms with Crippen LogP contribution in [0.15, 0.2) is 0 Å². The van der Waals surface area contributed by atoms with Crippen LogP contribution in [0.4, 0.5) is 0 Å². The van der Waals surface area contributed by atoms with Crippen molar-refractivity contribution in [3.8, 4) is 0 Å². The summed E-state index contributed by atoms with van der Waals surface area (Å²) in [6.45, 7) is 0. The van der Waals surface area contributed by atoms with Crippen molar-refractivity contribution in [1.82, 2.24) is 0 Å². The molecule has 6 heteroatoms. The number of rotatable bonds is 0. The molecule has 0 aromatic carbocycles. The molecule has 0 saturated carbocycles. The van der Waals surface area contributed by atoms with Crippen LogP contribution < -0.4 is 29.6 Å². The summed E-state index contributed by atoms with van der Waals surface area (Å²) in [4.78, 5) is 21.7. The molecule has 0 aliphatic carbocycles. The van der Waals surface area contributed by atoms with Crippen molar-refractivity contribution in [2.75, 3.05) is 0 Å². The predicted octanol–water partition coefficient (Wildman–Crippen LogP) is -3.85. The second-order valence-electron chi connectivity index (χ2n) is 0.268. The third kappa shape index (κ3) is 30.9. The second kappa shape index (κ2) is 10.5. The molecule has 0 saturated heterocycles. The van der Waals surface area contributed by atoms with Gasteiger partial charge in [0.1, 0.15) is 0 Å². The second-order valence-corrected chi connectivity index (χ2v) is 0.805. The van der Waals surface area contributed by atoms with E-state index in [1.165, 1.54) is 0 Å². The summed E-state index contributed by atoms with van der Waals surface area (Å²) in [7, 11) is -2.62. The molecule has 0 rings (SSSR count). The van der Waals surface area contributed by atoms with Gasteiger partial charge < -0.3 is 19.0 Å². The Morgan fingerprint density at radius 3 is 1.17 bits per heavy atom. The maximum absolute atomic E-state index is 7.23. The van der Waals surface area contributed by atoms with Gasteiger partial charge in [-0.3, -0.25) is 0 Å². The Hall–Kier alpha value is 2.57. The first-order chi connectivity index (χ1) is 1.73. The van der Waals surface area contributed by atoms with Gasteiger partial charge in [-0.25, -0.2) is 0 Å². The molecular weight excluding hydrogens is 142 g/mol. The van der Waals surface area contributed by atoms with Gasteiger partial charge in [-0.1, -0.05) is 0 Å². The zero-order chi connectivity index (χ0) is 3.58. The first-order valence-corrected chi connectivity index (χ1v) is 1.80. The normalized spacial score (nSPS) is 6.00. The van der Waals surface area contributed by atoms with Crippen LogP contribution in [-0.4, -0.2) is 52.4 Å². The molecule has 0 heterocycles. The Kier molecular flexibility index (Phi) is 27.8. The summed E-state index contributed by atoms with van der Waals surface area (Å²) in [5.41, 5.74) is 0. The summed E-state index contributed by atoms with van der Waals surface area (Å²) < 4.78 is 0. The Balaban J connectivity index is -0.00000000450. The fourth-order valence-corrected chi connectivity index (χ4v) is 0. The third-order valence-electron chi connectivity index (χ3n) is 0. The fraction of sp³-hybridized carbons (Fsp3) is 0. The standard InChI is InChI=1S/Ca.Na.H3O3P.3H/c;;1-4(2)3;;;/h;;1-3H;;;/q+2;+1;;3*-1. The summed E-state index contributed by atoms with van der Waals surface area (Å²) in [6.07, 6.45) is 0. The summed E-state index contributed by atoms with van der Waals surface area (Å²) in [5.74, 6) is 0. The van der Waals surface area contributed by atoms with Gasteiger partial charge in [0, 0.05) is 0 Å². The molecule has 0 aliphatic rings. The van der Waals surface area contributed by atoms with Crippen LogP contribution in [0.2, 0.25) is 0 Å². The Bertz CT molecular complexity index is 23.8. The van der Waals surface area contributed by atoms with Crippen molar-refractivity contribution < 1.29 is 48.5 Å². The van der Waals surface area contributed by atoms with Crippen LogP contribution in [0.25, 0.3) is 0 Å². The molecule has 0 aliphatic heterocycles. The molecule has 6 heavy (non-hydrogen) atoms. The van der Waals surface area contributed by atoms with Crippen LogP contribution in [0, 0.1) is 0 Å². The molecule has 0 aromatic heterocycles. The molecular formula is H6CaNaO3P. The van der Waals surface area contributed by atoms with Gasteiger partial charge in [0.15, 0.2) is 0 Å². The molecule has 0 fully saturated rings. The number of hydrogen-bond acceptors (Lipinski definition) is 3. The van der Waals surface area contributed by atoms with Crippen LogP contribution >= 0.6 is 8.60 Å². The van der Waals surface area contributed by atoms with E-state index in [1.807, 2.05) is 0 Å². The molecule has 0 unspecified atom stereocenters. The minimum Gasteiger partial charge on any atom is -1.00 e. The zero-order valence-electron chi connectivity index (χ0n) is 6.50. The molecule has 3 N–H and O–H groups in total. The Morgan fingerprint density at radius 1 is 1.17 bits per heavy atom. The Morgan fingerprint density at radius 2 is 1.17 bits per heavy atom. The van der Waals surface area contributed by atoms with Crippen LogP contribution in [0.3, 0.4) is 0 Å². The summed E-state index contributed by atoms with van der Waals surface area (Å²) in [6, 6.07) is 0. The van der Waals surface area contributed by atoms with Crippen LogP contribution in [-0.2, 0) is 0 Å². The monoisotopic (exact) mass is 148 g/mol. The number of hydrogen-bond donors (Lipinski definition) is 3. The van der Waals surface area contributed by atoms with Gasteiger partial charge in [0.05, 0.1) is 0 Å². The topological polar surface area (TPSA) is 60.7 Å². The average Bonchev–Trinajstić information content (AvgIpc) is 0.811. The molecule has 0 spiro atoms. The Labute approximate surface area is 93.5 Å². The van der Waals surface area contributed by atoms with Crippen molar-refractivity contribution in [2.45, 2.75) is 0 Å². The van der Waals surface area contributed by atoms with Crippen molar-refractivity contribution >= 4 is 46.3 Å². The molecule has 0 amide bonds. The van der Waals surface area contributed by atoms with E-state index in [1.54, 1.807) is 0 Å². The predicted molar refractivity (Wildman–Crippen MR) is 22.7 cm³/mol. The van der Waals surface area contributed by atoms with Crippen molar-refractivity contribution in [3.63, 3.8) is 0 Å². The van der Waals surface area contributed by atoms with Crippen molar-refractivity contribution in [2.24, 2.45) is 0 Å². The van der Waals surface area contributed by atoms with E-state index in [4.69, 9.17) is 14.7 Å². The SMILES string of the molecule is OP(O)O.[Ca+2].[H-].[H-].[H-].[Na+]. The summed E-state index contributed by atoms with van der Waals surface area (Å²) >= 11 is 0. The van der Waals surface area contributed by atoms with Gasteiger partial charge in [0.2, 0.25) is 0 Å². The fourth-order valence-electron chi connectivity index (χ4n) is 0. The average molecular weight is 148 g/mol. The zero-order valence-corrected chi connectivity index (χ0v) is 8.60. The molecule has 0 radical (unpaired) electrons. The molecule has 0 aromatic rings. The maximum Gasteiger partial charge on any atom is 2.00 e. The minimum absolute atomic E-state index is 0.